The molecule has 1 aliphatic carbocycles. The molecule has 0 aromatic heterocycles. The average molecular weight is 358 g/mol. The molecular formula is C23H35NO2. The number of unbranched alkanes of at least 4 members (excludes halogenated alkanes) is 2. The smallest absolute Gasteiger partial charge is 0.232 e. The van der Waals surface area contributed by atoms with Gasteiger partial charge in [-0.1, -0.05) is 69.9 Å². The molecule has 0 spiro atoms. The summed E-state index contributed by atoms with van der Waals surface area (Å²) in [6.45, 7) is 6.05. The maximum atomic E-state index is 13.7. The molecule has 1 aliphatic heterocycles. The van der Waals surface area contributed by atoms with Gasteiger partial charge < -0.3 is 10.0 Å². The van der Waals surface area contributed by atoms with E-state index in [1.165, 1.54) is 5.56 Å². The van der Waals surface area contributed by atoms with Crippen LogP contribution in [0.15, 0.2) is 30.3 Å². The lowest BCUT2D eigenvalue weighted by Gasteiger charge is -2.39. The zero-order valence-electron chi connectivity index (χ0n) is 16.5. The molecule has 3 rings (SSSR count). The van der Waals surface area contributed by atoms with Gasteiger partial charge in [0.25, 0.3) is 0 Å². The largest absolute Gasteiger partial charge is 0.389 e. The molecular weight excluding hydrogens is 322 g/mol. The van der Waals surface area contributed by atoms with Gasteiger partial charge in [0.2, 0.25) is 5.91 Å². The van der Waals surface area contributed by atoms with Crippen molar-refractivity contribution in [3.05, 3.63) is 35.9 Å². The molecule has 1 saturated carbocycles. The van der Waals surface area contributed by atoms with E-state index < -0.39 is 11.0 Å². The maximum Gasteiger partial charge on any atom is 0.232 e. The molecule has 144 valence electrons. The third kappa shape index (κ3) is 3.43. The molecule has 1 heterocycles. The van der Waals surface area contributed by atoms with Gasteiger partial charge in [-0.2, -0.15) is 0 Å². The molecule has 0 unspecified atom stereocenters. The van der Waals surface area contributed by atoms with Gasteiger partial charge in [-0.05, 0) is 37.7 Å². The lowest BCUT2D eigenvalue weighted by atomic mass is 9.73. The molecule has 1 aromatic carbocycles. The third-order valence-electron chi connectivity index (χ3n) is 6.66. The Morgan fingerprint density at radius 3 is 2.23 bits per heavy atom. The van der Waals surface area contributed by atoms with Crippen molar-refractivity contribution >= 4 is 5.91 Å². The Kier molecular flexibility index (Phi) is 6.06. The van der Waals surface area contributed by atoms with E-state index in [0.29, 0.717) is 0 Å². The minimum absolute atomic E-state index is 0.163. The summed E-state index contributed by atoms with van der Waals surface area (Å²) in [5, 5.41) is 11.9. The average Bonchev–Trinajstić information content (AvgIpc) is 3.22. The van der Waals surface area contributed by atoms with Crippen molar-refractivity contribution in [1.82, 2.24) is 4.90 Å². The third-order valence-corrected chi connectivity index (χ3v) is 6.66. The van der Waals surface area contributed by atoms with Gasteiger partial charge in [-0.15, -0.1) is 0 Å². The predicted octanol–water partition coefficient (Wildman–Crippen LogP) is 4.89. The summed E-state index contributed by atoms with van der Waals surface area (Å²) in [7, 11) is 0. The minimum atomic E-state index is -0.876. The normalized spacial score (nSPS) is 25.5. The van der Waals surface area contributed by atoms with Crippen molar-refractivity contribution < 1.29 is 9.90 Å². The Labute approximate surface area is 158 Å². The van der Waals surface area contributed by atoms with Crippen molar-refractivity contribution in [3.8, 4) is 0 Å². The van der Waals surface area contributed by atoms with Crippen LogP contribution < -0.4 is 0 Å². The van der Waals surface area contributed by atoms with Crippen LogP contribution in [0.2, 0.25) is 0 Å². The Hall–Kier alpha value is -1.35. The number of rotatable bonds is 9. The van der Waals surface area contributed by atoms with E-state index in [2.05, 4.69) is 38.1 Å². The Bertz CT molecular complexity index is 585. The van der Waals surface area contributed by atoms with Crippen LogP contribution in [0.5, 0.6) is 0 Å². The first kappa shape index (κ1) is 19.4. The highest BCUT2D eigenvalue weighted by Crippen LogP contribution is 2.68. The van der Waals surface area contributed by atoms with E-state index in [0.717, 1.165) is 70.9 Å². The second-order valence-corrected chi connectivity index (χ2v) is 8.38. The van der Waals surface area contributed by atoms with Crippen molar-refractivity contribution in [2.45, 2.75) is 83.2 Å². The number of carbonyl (C=O) groups is 1. The Balaban J connectivity index is 1.95. The number of hydrogen-bond acceptors (Lipinski definition) is 2. The number of carbonyl (C=O) groups excluding carboxylic acids is 1. The zero-order chi connectivity index (χ0) is 18.6. The predicted molar refractivity (Wildman–Crippen MR) is 106 cm³/mol. The van der Waals surface area contributed by atoms with E-state index in [1.54, 1.807) is 0 Å². The van der Waals surface area contributed by atoms with Gasteiger partial charge in [-0.3, -0.25) is 4.79 Å². The van der Waals surface area contributed by atoms with Gasteiger partial charge in [0.15, 0.2) is 0 Å². The van der Waals surface area contributed by atoms with Crippen LogP contribution in [0.1, 0.15) is 83.1 Å². The number of aliphatic hydroxyl groups is 1. The second-order valence-electron chi connectivity index (χ2n) is 8.38. The second kappa shape index (κ2) is 8.12. The van der Waals surface area contributed by atoms with Gasteiger partial charge in [0.05, 0.1) is 11.0 Å². The van der Waals surface area contributed by atoms with Gasteiger partial charge in [0, 0.05) is 19.0 Å². The summed E-state index contributed by atoms with van der Waals surface area (Å²) in [6, 6.07) is 10.4. The van der Waals surface area contributed by atoms with Crippen molar-refractivity contribution in [2.24, 2.45) is 5.41 Å². The quantitative estimate of drug-likeness (QED) is 0.683. The zero-order valence-corrected chi connectivity index (χ0v) is 16.5. The fourth-order valence-corrected chi connectivity index (χ4v) is 5.01. The number of hydrogen-bond donors (Lipinski definition) is 1. The van der Waals surface area contributed by atoms with Crippen molar-refractivity contribution in [2.75, 3.05) is 13.1 Å². The summed E-state index contributed by atoms with van der Waals surface area (Å²) in [5.74, 6) is 0.383. The molecule has 1 amide bonds. The topological polar surface area (TPSA) is 40.5 Å². The van der Waals surface area contributed by atoms with Crippen molar-refractivity contribution in [3.63, 3.8) is 0 Å². The first-order chi connectivity index (χ1) is 12.6. The highest BCUT2D eigenvalue weighted by molar-refractivity contribution is 5.89. The fourth-order valence-electron chi connectivity index (χ4n) is 5.01. The monoisotopic (exact) mass is 357 g/mol. The first-order valence-corrected chi connectivity index (χ1v) is 10.7. The van der Waals surface area contributed by atoms with Crippen LogP contribution in [0.25, 0.3) is 0 Å². The van der Waals surface area contributed by atoms with Gasteiger partial charge in [-0.25, -0.2) is 0 Å². The van der Waals surface area contributed by atoms with E-state index in [-0.39, 0.29) is 11.8 Å². The number of likely N-dealkylation sites (tertiary alicyclic amines) is 1. The van der Waals surface area contributed by atoms with Gasteiger partial charge >= 0.3 is 0 Å². The Morgan fingerprint density at radius 2 is 1.69 bits per heavy atom. The van der Waals surface area contributed by atoms with Crippen LogP contribution in [0.4, 0.5) is 0 Å². The molecule has 3 heteroatoms. The molecule has 26 heavy (non-hydrogen) atoms. The fraction of sp³-hybridized carbons (Fsp3) is 0.696. The SMILES string of the molecule is CCCCC(O)(CCCC)[C@]1(C(=O)N2CCCC2)C[C@@H]1c1ccccc1. The summed E-state index contributed by atoms with van der Waals surface area (Å²) in [4.78, 5) is 15.7. The van der Waals surface area contributed by atoms with E-state index in [4.69, 9.17) is 0 Å². The highest BCUT2D eigenvalue weighted by Gasteiger charge is 2.71. The Morgan fingerprint density at radius 1 is 1.12 bits per heavy atom. The standard InChI is InChI=1S/C23H35NO2/c1-3-5-14-22(26,15-6-4-2)23(21(25)24-16-10-11-17-24)18-20(23)19-12-8-7-9-13-19/h7-9,12-13,20,26H,3-6,10-11,14-18H2,1-2H3/t20-,23-/m1/s1. The molecule has 0 bridgehead atoms. The number of amides is 1. The first-order valence-electron chi connectivity index (χ1n) is 10.7. The minimum Gasteiger partial charge on any atom is -0.389 e. The summed E-state index contributed by atoms with van der Waals surface area (Å²) < 4.78 is 0. The van der Waals surface area contributed by atoms with Crippen LogP contribution in [-0.4, -0.2) is 34.6 Å². The molecule has 1 saturated heterocycles. The highest BCUT2D eigenvalue weighted by atomic mass is 16.3. The van der Waals surface area contributed by atoms with Crippen LogP contribution in [0.3, 0.4) is 0 Å². The van der Waals surface area contributed by atoms with E-state index >= 15 is 0 Å². The summed E-state index contributed by atoms with van der Waals surface area (Å²) in [6.07, 6.45) is 8.56. The number of nitrogens with zero attached hydrogens (tertiary/aromatic N) is 1. The molecule has 2 fully saturated rings. The summed E-state index contributed by atoms with van der Waals surface area (Å²) >= 11 is 0. The molecule has 1 N–H and O–H groups in total. The van der Waals surface area contributed by atoms with E-state index in [9.17, 15) is 9.90 Å². The van der Waals surface area contributed by atoms with Crippen LogP contribution >= 0.6 is 0 Å². The molecule has 3 nitrogen and oxygen atoms in total. The van der Waals surface area contributed by atoms with Crippen LogP contribution in [-0.2, 0) is 4.79 Å². The maximum absolute atomic E-state index is 13.7. The summed E-state index contributed by atoms with van der Waals surface area (Å²) in [5.41, 5.74) is -0.270. The van der Waals surface area contributed by atoms with Crippen LogP contribution in [0, 0.1) is 5.41 Å². The molecule has 1 aromatic rings. The lowest BCUT2D eigenvalue weighted by Crippen LogP contribution is -2.50. The molecule has 2 aliphatic rings. The molecule has 0 radical (unpaired) electrons. The van der Waals surface area contributed by atoms with Crippen molar-refractivity contribution in [1.29, 1.82) is 0 Å². The van der Waals surface area contributed by atoms with E-state index in [1.807, 2.05) is 11.0 Å². The lowest BCUT2D eigenvalue weighted by molar-refractivity contribution is -0.150. The number of benzene rings is 1. The van der Waals surface area contributed by atoms with Gasteiger partial charge in [0.1, 0.15) is 0 Å². The molecule has 2 atom stereocenters.